The highest BCUT2D eigenvalue weighted by Crippen LogP contribution is 2.38. The maximum absolute atomic E-state index is 12.2. The van der Waals surface area contributed by atoms with Crippen molar-refractivity contribution in [3.8, 4) is 5.69 Å². The second-order valence-electron chi connectivity index (χ2n) is 6.75. The molecule has 29 heavy (non-hydrogen) atoms. The SMILES string of the molecule is CCOC(=O)CN1C(=S)N[C@@H](c2ccccn2)[C@@H]1c1ccn(-c2ccccc2)c1. The van der Waals surface area contributed by atoms with Crippen molar-refractivity contribution in [1.29, 1.82) is 0 Å². The van der Waals surface area contributed by atoms with Gasteiger partial charge in [0.15, 0.2) is 5.11 Å². The summed E-state index contributed by atoms with van der Waals surface area (Å²) in [4.78, 5) is 18.6. The van der Waals surface area contributed by atoms with Crippen molar-refractivity contribution in [3.05, 3.63) is 84.4 Å². The molecule has 2 aromatic heterocycles. The predicted octanol–water partition coefficient (Wildman–Crippen LogP) is 3.41. The fraction of sp³-hybridized carbons (Fsp3) is 0.227. The molecule has 1 aliphatic rings. The van der Waals surface area contributed by atoms with Gasteiger partial charge in [-0.15, -0.1) is 0 Å². The van der Waals surface area contributed by atoms with Gasteiger partial charge in [-0.05, 0) is 55.0 Å². The average Bonchev–Trinajstić information content (AvgIpc) is 3.35. The van der Waals surface area contributed by atoms with Crippen LogP contribution in [0.25, 0.3) is 5.69 Å². The number of aromatic nitrogens is 2. The summed E-state index contributed by atoms with van der Waals surface area (Å²) in [6, 6.07) is 17.6. The number of rotatable bonds is 6. The molecule has 7 heteroatoms. The van der Waals surface area contributed by atoms with Crippen molar-refractivity contribution in [2.75, 3.05) is 13.2 Å². The van der Waals surface area contributed by atoms with Crippen LogP contribution in [0, 0.1) is 0 Å². The number of para-hydroxylation sites is 1. The quantitative estimate of drug-likeness (QED) is 0.500. The first-order chi connectivity index (χ1) is 14.2. The Kier molecular flexibility index (Phi) is 5.57. The zero-order valence-electron chi connectivity index (χ0n) is 16.1. The van der Waals surface area contributed by atoms with Crippen molar-refractivity contribution in [2.45, 2.75) is 19.0 Å². The van der Waals surface area contributed by atoms with Crippen molar-refractivity contribution in [1.82, 2.24) is 19.8 Å². The summed E-state index contributed by atoms with van der Waals surface area (Å²) in [6.45, 7) is 2.22. The van der Waals surface area contributed by atoms with Gasteiger partial charge in [-0.3, -0.25) is 9.78 Å². The molecule has 0 aliphatic carbocycles. The minimum Gasteiger partial charge on any atom is -0.465 e. The lowest BCUT2D eigenvalue weighted by Gasteiger charge is -2.26. The molecule has 1 aromatic carbocycles. The van der Waals surface area contributed by atoms with E-state index in [1.165, 1.54) is 0 Å². The fourth-order valence-electron chi connectivity index (χ4n) is 3.63. The van der Waals surface area contributed by atoms with E-state index < -0.39 is 0 Å². The number of ether oxygens (including phenoxy) is 1. The molecule has 1 saturated heterocycles. The molecule has 0 amide bonds. The Morgan fingerprint density at radius 2 is 1.97 bits per heavy atom. The molecule has 6 nitrogen and oxygen atoms in total. The van der Waals surface area contributed by atoms with Crippen LogP contribution in [0.5, 0.6) is 0 Å². The molecule has 3 aromatic rings. The van der Waals surface area contributed by atoms with Crippen LogP contribution in [-0.4, -0.2) is 38.7 Å². The lowest BCUT2D eigenvalue weighted by molar-refractivity contribution is -0.143. The molecule has 1 aliphatic heterocycles. The Bertz CT molecular complexity index is 990. The van der Waals surface area contributed by atoms with Crippen molar-refractivity contribution in [2.24, 2.45) is 0 Å². The van der Waals surface area contributed by atoms with Crippen LogP contribution < -0.4 is 5.32 Å². The van der Waals surface area contributed by atoms with E-state index in [0.717, 1.165) is 16.9 Å². The molecule has 0 spiro atoms. The fourth-order valence-corrected chi connectivity index (χ4v) is 3.94. The molecule has 1 fully saturated rings. The topological polar surface area (TPSA) is 59.4 Å². The Morgan fingerprint density at radius 3 is 2.69 bits per heavy atom. The second kappa shape index (κ2) is 8.45. The summed E-state index contributed by atoms with van der Waals surface area (Å²) in [5.74, 6) is -0.300. The summed E-state index contributed by atoms with van der Waals surface area (Å²) in [7, 11) is 0. The van der Waals surface area contributed by atoms with Crippen LogP contribution in [0.2, 0.25) is 0 Å². The van der Waals surface area contributed by atoms with E-state index in [-0.39, 0.29) is 24.6 Å². The van der Waals surface area contributed by atoms with E-state index in [1.807, 2.05) is 59.6 Å². The summed E-state index contributed by atoms with van der Waals surface area (Å²) >= 11 is 5.57. The number of hydrogen-bond donors (Lipinski definition) is 1. The zero-order valence-corrected chi connectivity index (χ0v) is 16.9. The molecular weight excluding hydrogens is 384 g/mol. The van der Waals surface area contributed by atoms with Crippen LogP contribution >= 0.6 is 12.2 Å². The highest BCUT2D eigenvalue weighted by molar-refractivity contribution is 7.80. The third kappa shape index (κ3) is 4.00. The van der Waals surface area contributed by atoms with E-state index in [0.29, 0.717) is 11.7 Å². The Hall–Kier alpha value is -3.19. The normalized spacial score (nSPS) is 18.5. The van der Waals surface area contributed by atoms with Crippen LogP contribution in [0.1, 0.15) is 30.3 Å². The largest absolute Gasteiger partial charge is 0.465 e. The number of thiocarbonyl (C=S) groups is 1. The Morgan fingerprint density at radius 1 is 1.17 bits per heavy atom. The second-order valence-corrected chi connectivity index (χ2v) is 7.13. The first kappa shape index (κ1) is 19.1. The first-order valence-electron chi connectivity index (χ1n) is 9.54. The number of esters is 1. The number of hydrogen-bond acceptors (Lipinski definition) is 4. The number of pyridine rings is 1. The average molecular weight is 407 g/mol. The van der Waals surface area contributed by atoms with E-state index in [9.17, 15) is 4.79 Å². The van der Waals surface area contributed by atoms with Crippen LogP contribution in [0.3, 0.4) is 0 Å². The maximum atomic E-state index is 12.2. The molecule has 3 heterocycles. The monoisotopic (exact) mass is 406 g/mol. The zero-order chi connectivity index (χ0) is 20.2. The molecule has 0 radical (unpaired) electrons. The van der Waals surface area contributed by atoms with Gasteiger partial charge in [0.2, 0.25) is 0 Å². The number of nitrogens with one attached hydrogen (secondary N) is 1. The van der Waals surface area contributed by atoms with Crippen LogP contribution in [-0.2, 0) is 9.53 Å². The van der Waals surface area contributed by atoms with Crippen molar-refractivity contribution < 1.29 is 9.53 Å². The lowest BCUT2D eigenvalue weighted by atomic mass is 9.99. The number of carbonyl (C=O) groups is 1. The van der Waals surface area contributed by atoms with E-state index >= 15 is 0 Å². The van der Waals surface area contributed by atoms with Gasteiger partial charge in [-0.25, -0.2) is 0 Å². The van der Waals surface area contributed by atoms with Gasteiger partial charge in [-0.1, -0.05) is 24.3 Å². The number of carbonyl (C=O) groups excluding carboxylic acids is 1. The summed E-state index contributed by atoms with van der Waals surface area (Å²) < 4.78 is 7.23. The van der Waals surface area contributed by atoms with Crippen molar-refractivity contribution >= 4 is 23.3 Å². The maximum Gasteiger partial charge on any atom is 0.325 e. The number of nitrogens with zero attached hydrogens (tertiary/aromatic N) is 3. The van der Waals surface area contributed by atoms with E-state index in [1.54, 1.807) is 13.1 Å². The van der Waals surface area contributed by atoms with Gasteiger partial charge in [0, 0.05) is 24.3 Å². The Balaban J connectivity index is 1.70. The van der Waals surface area contributed by atoms with Crippen LogP contribution in [0.4, 0.5) is 0 Å². The number of benzene rings is 1. The molecule has 1 N–H and O–H groups in total. The van der Waals surface area contributed by atoms with Gasteiger partial charge in [0.1, 0.15) is 6.54 Å². The smallest absolute Gasteiger partial charge is 0.325 e. The van der Waals surface area contributed by atoms with Gasteiger partial charge < -0.3 is 19.5 Å². The molecule has 4 rings (SSSR count). The minimum atomic E-state index is -0.300. The minimum absolute atomic E-state index is 0.0875. The third-order valence-electron chi connectivity index (χ3n) is 4.91. The Labute approximate surface area is 175 Å². The first-order valence-corrected chi connectivity index (χ1v) is 9.95. The van der Waals surface area contributed by atoms with Gasteiger partial charge in [0.05, 0.1) is 24.4 Å². The lowest BCUT2D eigenvalue weighted by Crippen LogP contribution is -2.35. The van der Waals surface area contributed by atoms with Gasteiger partial charge >= 0.3 is 5.97 Å². The molecule has 0 unspecified atom stereocenters. The predicted molar refractivity (Wildman–Crippen MR) is 115 cm³/mol. The van der Waals surface area contributed by atoms with Gasteiger partial charge in [0.25, 0.3) is 0 Å². The highest BCUT2D eigenvalue weighted by atomic mass is 32.1. The summed E-state index contributed by atoms with van der Waals surface area (Å²) in [5.41, 5.74) is 2.98. The molecular formula is C22H22N4O2S. The van der Waals surface area contributed by atoms with Crippen molar-refractivity contribution in [3.63, 3.8) is 0 Å². The van der Waals surface area contributed by atoms with Crippen LogP contribution in [0.15, 0.2) is 73.2 Å². The van der Waals surface area contributed by atoms with Gasteiger partial charge in [-0.2, -0.15) is 0 Å². The molecule has 148 valence electrons. The molecule has 2 atom stereocenters. The third-order valence-corrected chi connectivity index (χ3v) is 5.27. The highest BCUT2D eigenvalue weighted by Gasteiger charge is 2.41. The van der Waals surface area contributed by atoms with E-state index in [2.05, 4.69) is 27.1 Å². The summed E-state index contributed by atoms with van der Waals surface area (Å²) in [5, 5.41) is 3.86. The molecule has 0 saturated carbocycles. The summed E-state index contributed by atoms with van der Waals surface area (Å²) in [6.07, 6.45) is 5.86. The van der Waals surface area contributed by atoms with E-state index in [4.69, 9.17) is 17.0 Å². The molecule has 0 bridgehead atoms. The standard InChI is InChI=1S/C22H22N4O2S/c1-2-28-19(27)15-26-21(20(24-22(26)29)18-10-6-7-12-23-18)16-11-13-25(14-16)17-8-4-3-5-9-17/h3-14,20-21H,2,15H2,1H3,(H,24,29)/t20-,21-/m0/s1.